The van der Waals surface area contributed by atoms with E-state index >= 15 is 0 Å². The third-order valence-corrected chi connectivity index (χ3v) is 2.50. The molecule has 1 saturated heterocycles. The van der Waals surface area contributed by atoms with Gasteiger partial charge in [-0.1, -0.05) is 24.0 Å². The summed E-state index contributed by atoms with van der Waals surface area (Å²) in [6.07, 6.45) is 1.62. The fourth-order valence-electron chi connectivity index (χ4n) is 0.598. The molecule has 1 aliphatic rings. The second kappa shape index (κ2) is 3.12. The average Bonchev–Trinajstić information content (AvgIpc) is 2.20. The van der Waals surface area contributed by atoms with Crippen LogP contribution in [-0.2, 0) is 9.59 Å². The molecule has 53 valence electrons. The molecular formula is C5H4NO2S2. The number of carbonyl (C=O) groups excluding carboxylic acids is 2. The Morgan fingerprint density at radius 2 is 2.50 bits per heavy atom. The molecule has 10 heavy (non-hydrogen) atoms. The first-order valence-corrected chi connectivity index (χ1v) is 3.97. The molecule has 0 aliphatic carbocycles. The largest absolute Gasteiger partial charge is 0.289 e. The Morgan fingerprint density at radius 3 is 2.90 bits per heavy atom. The fraction of sp³-hybridized carbons (Fsp3) is 0.400. The van der Waals surface area contributed by atoms with E-state index in [-0.39, 0.29) is 12.5 Å². The summed E-state index contributed by atoms with van der Waals surface area (Å²) in [6.45, 7) is -0.0231. The molecule has 0 aromatic heterocycles. The normalized spacial score (nSPS) is 18.2. The Hall–Kier alpha value is -0.420. The Kier molecular flexibility index (Phi) is 2.39. The standard InChI is InChI=1S/C5H4NO2S2/c7-2-1-6-4(8)3-10-5(6)9/h1,3H2. The predicted octanol–water partition coefficient (Wildman–Crippen LogP) is -0.0436. The lowest BCUT2D eigenvalue weighted by atomic mass is 10.5. The van der Waals surface area contributed by atoms with Gasteiger partial charge in [-0.2, -0.15) is 0 Å². The van der Waals surface area contributed by atoms with Crippen molar-refractivity contribution in [1.29, 1.82) is 0 Å². The molecule has 0 saturated carbocycles. The van der Waals surface area contributed by atoms with Crippen LogP contribution in [0, 0.1) is 0 Å². The van der Waals surface area contributed by atoms with Gasteiger partial charge in [0.15, 0.2) is 0 Å². The van der Waals surface area contributed by atoms with Gasteiger partial charge in [0.05, 0.1) is 12.3 Å². The molecule has 0 atom stereocenters. The quantitative estimate of drug-likeness (QED) is 0.550. The SMILES string of the molecule is O=[C]CN1C(=O)CSC1=S. The maximum atomic E-state index is 10.8. The highest BCUT2D eigenvalue weighted by atomic mass is 32.2. The van der Waals surface area contributed by atoms with Crippen molar-refractivity contribution in [3.05, 3.63) is 0 Å². The Bertz CT molecular complexity index is 176. The third-order valence-electron chi connectivity index (χ3n) is 1.06. The molecule has 0 unspecified atom stereocenters. The van der Waals surface area contributed by atoms with E-state index in [1.807, 2.05) is 0 Å². The summed E-state index contributed by atoms with van der Waals surface area (Å²) >= 11 is 6.05. The van der Waals surface area contributed by atoms with Crippen LogP contribution in [0.5, 0.6) is 0 Å². The van der Waals surface area contributed by atoms with Gasteiger partial charge >= 0.3 is 0 Å². The lowest BCUT2D eigenvalue weighted by Gasteiger charge is -2.08. The van der Waals surface area contributed by atoms with E-state index in [2.05, 4.69) is 0 Å². The van der Waals surface area contributed by atoms with Crippen LogP contribution in [0.4, 0.5) is 0 Å². The molecule has 1 amide bonds. The molecule has 0 aromatic carbocycles. The first-order chi connectivity index (χ1) is 4.75. The monoisotopic (exact) mass is 174 g/mol. The van der Waals surface area contributed by atoms with Gasteiger partial charge in [0.2, 0.25) is 12.2 Å². The summed E-state index contributed by atoms with van der Waals surface area (Å²) in [5.41, 5.74) is 0. The molecule has 3 nitrogen and oxygen atoms in total. The van der Waals surface area contributed by atoms with E-state index in [4.69, 9.17) is 12.2 Å². The van der Waals surface area contributed by atoms with E-state index in [0.29, 0.717) is 10.1 Å². The summed E-state index contributed by atoms with van der Waals surface area (Å²) in [7, 11) is 0. The van der Waals surface area contributed by atoms with E-state index in [9.17, 15) is 9.59 Å². The van der Waals surface area contributed by atoms with Crippen LogP contribution >= 0.6 is 24.0 Å². The van der Waals surface area contributed by atoms with E-state index in [0.717, 1.165) is 0 Å². The van der Waals surface area contributed by atoms with Gasteiger partial charge in [-0.3, -0.25) is 14.5 Å². The molecule has 1 heterocycles. The lowest BCUT2D eigenvalue weighted by molar-refractivity contribution is -0.123. The predicted molar refractivity (Wildman–Crippen MR) is 42.5 cm³/mol. The molecule has 5 heteroatoms. The van der Waals surface area contributed by atoms with Gasteiger partial charge in [-0.15, -0.1) is 0 Å². The number of rotatable bonds is 2. The Labute approximate surface area is 67.8 Å². The minimum absolute atomic E-state index is 0.0231. The topological polar surface area (TPSA) is 37.4 Å². The Morgan fingerprint density at radius 1 is 1.80 bits per heavy atom. The van der Waals surface area contributed by atoms with Crippen molar-refractivity contribution in [3.8, 4) is 0 Å². The molecule has 1 radical (unpaired) electrons. The molecule has 1 aliphatic heterocycles. The zero-order chi connectivity index (χ0) is 7.56. The number of amides is 1. The molecule has 0 bridgehead atoms. The van der Waals surface area contributed by atoms with Crippen LogP contribution < -0.4 is 0 Å². The molecular weight excluding hydrogens is 170 g/mol. The highest BCUT2D eigenvalue weighted by Gasteiger charge is 2.25. The van der Waals surface area contributed by atoms with Gasteiger partial charge in [-0.05, 0) is 0 Å². The van der Waals surface area contributed by atoms with Crippen molar-refractivity contribution in [2.24, 2.45) is 0 Å². The average molecular weight is 174 g/mol. The van der Waals surface area contributed by atoms with Crippen LogP contribution in [0.2, 0.25) is 0 Å². The second-order valence-corrected chi connectivity index (χ2v) is 3.29. The van der Waals surface area contributed by atoms with Crippen molar-refractivity contribution in [1.82, 2.24) is 4.90 Å². The first-order valence-electron chi connectivity index (χ1n) is 2.58. The lowest BCUT2D eigenvalue weighted by Crippen LogP contribution is -2.29. The highest BCUT2D eigenvalue weighted by Crippen LogP contribution is 2.17. The van der Waals surface area contributed by atoms with E-state index < -0.39 is 0 Å². The number of thioether (sulfide) groups is 1. The van der Waals surface area contributed by atoms with Gasteiger partial charge in [0.1, 0.15) is 4.32 Å². The summed E-state index contributed by atoms with van der Waals surface area (Å²) in [5, 5.41) is 0. The molecule has 0 spiro atoms. The van der Waals surface area contributed by atoms with Crippen LogP contribution in [0.15, 0.2) is 0 Å². The van der Waals surface area contributed by atoms with Gasteiger partial charge in [0, 0.05) is 0 Å². The molecule has 0 N–H and O–H groups in total. The first kappa shape index (κ1) is 7.68. The van der Waals surface area contributed by atoms with E-state index in [1.165, 1.54) is 16.7 Å². The highest BCUT2D eigenvalue weighted by molar-refractivity contribution is 8.23. The number of carbonyl (C=O) groups is 1. The number of hydrogen-bond acceptors (Lipinski definition) is 4. The van der Waals surface area contributed by atoms with Crippen LogP contribution in [0.1, 0.15) is 0 Å². The fourth-order valence-corrected chi connectivity index (χ4v) is 1.67. The summed E-state index contributed by atoms with van der Waals surface area (Å²) in [4.78, 5) is 21.9. The number of thiocarbonyl (C=S) groups is 1. The smallest absolute Gasteiger partial charge is 0.238 e. The number of hydrogen-bond donors (Lipinski definition) is 0. The summed E-state index contributed by atoms with van der Waals surface area (Å²) in [6, 6.07) is 0. The van der Waals surface area contributed by atoms with Crippen molar-refractivity contribution in [3.63, 3.8) is 0 Å². The van der Waals surface area contributed by atoms with Crippen LogP contribution in [0.25, 0.3) is 0 Å². The van der Waals surface area contributed by atoms with Crippen LogP contribution in [0.3, 0.4) is 0 Å². The van der Waals surface area contributed by atoms with Crippen molar-refractivity contribution >= 4 is 40.5 Å². The summed E-state index contributed by atoms with van der Waals surface area (Å²) < 4.78 is 0.480. The zero-order valence-electron chi connectivity index (χ0n) is 4.99. The molecule has 1 fully saturated rings. The molecule has 1 rings (SSSR count). The maximum absolute atomic E-state index is 10.8. The second-order valence-electron chi connectivity index (χ2n) is 1.68. The van der Waals surface area contributed by atoms with Crippen molar-refractivity contribution in [2.75, 3.05) is 12.3 Å². The summed E-state index contributed by atoms with van der Waals surface area (Å²) in [5.74, 6) is 0.263. The van der Waals surface area contributed by atoms with E-state index in [1.54, 1.807) is 6.29 Å². The third kappa shape index (κ3) is 1.35. The minimum atomic E-state index is -0.0987. The Balaban J connectivity index is 2.62. The van der Waals surface area contributed by atoms with Crippen molar-refractivity contribution in [2.45, 2.75) is 0 Å². The zero-order valence-corrected chi connectivity index (χ0v) is 6.63. The molecule has 0 aromatic rings. The minimum Gasteiger partial charge on any atom is -0.289 e. The van der Waals surface area contributed by atoms with Gasteiger partial charge in [0.25, 0.3) is 0 Å². The van der Waals surface area contributed by atoms with Crippen molar-refractivity contribution < 1.29 is 9.59 Å². The van der Waals surface area contributed by atoms with Gasteiger partial charge < -0.3 is 0 Å². The number of nitrogens with zero attached hydrogens (tertiary/aromatic N) is 1. The van der Waals surface area contributed by atoms with Gasteiger partial charge in [-0.25, -0.2) is 0 Å². The maximum Gasteiger partial charge on any atom is 0.238 e. The van der Waals surface area contributed by atoms with Crippen LogP contribution in [-0.4, -0.2) is 33.7 Å².